The summed E-state index contributed by atoms with van der Waals surface area (Å²) >= 11 is 0. The van der Waals surface area contributed by atoms with Gasteiger partial charge in [0.05, 0.1) is 0 Å². The maximum Gasteiger partial charge on any atom is 0.173 e. The SMILES string of the molecule is CCCCc1ccc(Nc2nc(C)[nH]c2N)cc1. The Kier molecular flexibility index (Phi) is 3.87. The van der Waals surface area contributed by atoms with Crippen LogP contribution in [0.3, 0.4) is 0 Å². The second kappa shape index (κ2) is 5.58. The lowest BCUT2D eigenvalue weighted by molar-refractivity contribution is 0.795. The highest BCUT2D eigenvalue weighted by Gasteiger charge is 2.04. The molecule has 0 aliphatic heterocycles. The number of nitrogens with two attached hydrogens (primary N) is 1. The molecule has 1 aromatic carbocycles. The molecule has 0 saturated heterocycles. The van der Waals surface area contributed by atoms with E-state index in [2.05, 4.69) is 46.5 Å². The van der Waals surface area contributed by atoms with E-state index in [1.54, 1.807) is 0 Å². The summed E-state index contributed by atoms with van der Waals surface area (Å²) in [5.74, 6) is 2.07. The van der Waals surface area contributed by atoms with Crippen molar-refractivity contribution >= 4 is 17.3 Å². The molecule has 2 aromatic rings. The molecule has 4 N–H and O–H groups in total. The Hall–Kier alpha value is -1.97. The number of rotatable bonds is 5. The summed E-state index contributed by atoms with van der Waals surface area (Å²) in [6.07, 6.45) is 3.60. The molecule has 0 atom stereocenters. The van der Waals surface area contributed by atoms with E-state index in [1.807, 2.05) is 6.92 Å². The van der Waals surface area contributed by atoms with E-state index >= 15 is 0 Å². The van der Waals surface area contributed by atoms with Gasteiger partial charge in [0.1, 0.15) is 11.6 Å². The second-order valence-corrected chi connectivity index (χ2v) is 4.51. The van der Waals surface area contributed by atoms with Gasteiger partial charge in [-0.15, -0.1) is 0 Å². The van der Waals surface area contributed by atoms with E-state index < -0.39 is 0 Å². The zero-order valence-corrected chi connectivity index (χ0v) is 11.0. The summed E-state index contributed by atoms with van der Waals surface area (Å²) in [7, 11) is 0. The van der Waals surface area contributed by atoms with Gasteiger partial charge in [0.2, 0.25) is 0 Å². The molecule has 96 valence electrons. The van der Waals surface area contributed by atoms with E-state index in [1.165, 1.54) is 18.4 Å². The Labute approximate surface area is 108 Å². The van der Waals surface area contributed by atoms with Gasteiger partial charge in [-0.05, 0) is 37.5 Å². The fourth-order valence-electron chi connectivity index (χ4n) is 1.88. The number of anilines is 3. The average molecular weight is 244 g/mol. The van der Waals surface area contributed by atoms with Crippen molar-refractivity contribution in [1.29, 1.82) is 0 Å². The largest absolute Gasteiger partial charge is 0.382 e. The number of hydrogen-bond donors (Lipinski definition) is 3. The maximum atomic E-state index is 5.80. The first kappa shape index (κ1) is 12.5. The number of benzene rings is 1. The smallest absolute Gasteiger partial charge is 0.173 e. The van der Waals surface area contributed by atoms with Crippen molar-refractivity contribution in [2.24, 2.45) is 0 Å². The van der Waals surface area contributed by atoms with Crippen LogP contribution < -0.4 is 11.1 Å². The van der Waals surface area contributed by atoms with Crippen molar-refractivity contribution in [3.05, 3.63) is 35.7 Å². The molecule has 0 amide bonds. The Morgan fingerprint density at radius 3 is 2.56 bits per heavy atom. The third kappa shape index (κ3) is 3.03. The van der Waals surface area contributed by atoms with E-state index in [0.29, 0.717) is 11.6 Å². The van der Waals surface area contributed by atoms with Crippen LogP contribution in [0, 0.1) is 6.92 Å². The van der Waals surface area contributed by atoms with Gasteiger partial charge < -0.3 is 16.0 Å². The van der Waals surface area contributed by atoms with Crippen LogP contribution in [0.4, 0.5) is 17.3 Å². The van der Waals surface area contributed by atoms with Gasteiger partial charge in [-0.3, -0.25) is 0 Å². The summed E-state index contributed by atoms with van der Waals surface area (Å²) in [6.45, 7) is 4.09. The molecule has 18 heavy (non-hydrogen) atoms. The normalized spacial score (nSPS) is 10.6. The number of aromatic amines is 1. The van der Waals surface area contributed by atoms with Gasteiger partial charge in [-0.25, -0.2) is 4.98 Å². The molecule has 1 heterocycles. The highest BCUT2D eigenvalue weighted by Crippen LogP contribution is 2.20. The van der Waals surface area contributed by atoms with Crippen LogP contribution in [0.15, 0.2) is 24.3 Å². The molecule has 4 nitrogen and oxygen atoms in total. The Balaban J connectivity index is 2.04. The van der Waals surface area contributed by atoms with Crippen LogP contribution in [-0.2, 0) is 6.42 Å². The van der Waals surface area contributed by atoms with Gasteiger partial charge >= 0.3 is 0 Å². The fraction of sp³-hybridized carbons (Fsp3) is 0.357. The summed E-state index contributed by atoms with van der Waals surface area (Å²) < 4.78 is 0. The quantitative estimate of drug-likeness (QED) is 0.755. The lowest BCUT2D eigenvalue weighted by Gasteiger charge is -2.05. The lowest BCUT2D eigenvalue weighted by Crippen LogP contribution is -1.95. The molecule has 0 aliphatic rings. The third-order valence-corrected chi connectivity index (χ3v) is 2.89. The maximum absolute atomic E-state index is 5.80. The van der Waals surface area contributed by atoms with Crippen LogP contribution in [0.25, 0.3) is 0 Å². The number of H-pyrrole nitrogens is 1. The van der Waals surface area contributed by atoms with E-state index in [9.17, 15) is 0 Å². The molecule has 1 aromatic heterocycles. The molecular weight excluding hydrogens is 224 g/mol. The number of nitrogen functional groups attached to an aromatic ring is 1. The topological polar surface area (TPSA) is 66.7 Å². The molecule has 0 spiro atoms. The number of imidazole rings is 1. The van der Waals surface area contributed by atoms with Crippen molar-refractivity contribution in [2.45, 2.75) is 33.1 Å². The Bertz CT molecular complexity index is 499. The van der Waals surface area contributed by atoms with Gasteiger partial charge in [-0.1, -0.05) is 25.5 Å². The minimum absolute atomic E-state index is 0.572. The van der Waals surface area contributed by atoms with Crippen molar-refractivity contribution in [3.8, 4) is 0 Å². The molecular formula is C14H20N4. The molecule has 0 aliphatic carbocycles. The minimum atomic E-state index is 0.572. The van der Waals surface area contributed by atoms with E-state index in [-0.39, 0.29) is 0 Å². The summed E-state index contributed by atoms with van der Waals surface area (Å²) in [5.41, 5.74) is 8.18. The molecule has 0 fully saturated rings. The highest BCUT2D eigenvalue weighted by atomic mass is 15.1. The first-order valence-electron chi connectivity index (χ1n) is 6.37. The molecule has 0 radical (unpaired) electrons. The first-order valence-corrected chi connectivity index (χ1v) is 6.37. The van der Waals surface area contributed by atoms with E-state index in [0.717, 1.165) is 17.9 Å². The fourth-order valence-corrected chi connectivity index (χ4v) is 1.88. The van der Waals surface area contributed by atoms with Crippen molar-refractivity contribution in [1.82, 2.24) is 9.97 Å². The number of hydrogen-bond acceptors (Lipinski definition) is 3. The van der Waals surface area contributed by atoms with Crippen LogP contribution >= 0.6 is 0 Å². The molecule has 0 bridgehead atoms. The second-order valence-electron chi connectivity index (χ2n) is 4.51. The van der Waals surface area contributed by atoms with Crippen LogP contribution in [0.1, 0.15) is 31.2 Å². The molecule has 0 unspecified atom stereocenters. The summed E-state index contributed by atoms with van der Waals surface area (Å²) in [5, 5.41) is 3.21. The van der Waals surface area contributed by atoms with E-state index in [4.69, 9.17) is 5.73 Å². The zero-order valence-electron chi connectivity index (χ0n) is 11.0. The summed E-state index contributed by atoms with van der Waals surface area (Å²) in [6, 6.07) is 8.42. The van der Waals surface area contributed by atoms with Crippen molar-refractivity contribution < 1.29 is 0 Å². The molecule has 0 saturated carbocycles. The van der Waals surface area contributed by atoms with Gasteiger partial charge in [0.25, 0.3) is 0 Å². The number of nitrogens with one attached hydrogen (secondary N) is 2. The van der Waals surface area contributed by atoms with Crippen LogP contribution in [-0.4, -0.2) is 9.97 Å². The Morgan fingerprint density at radius 1 is 1.28 bits per heavy atom. The predicted octanol–water partition coefficient (Wildman–Crippen LogP) is 3.39. The molecule has 2 rings (SSSR count). The van der Waals surface area contributed by atoms with Gasteiger partial charge in [0, 0.05) is 5.69 Å². The standard InChI is InChI=1S/C14H20N4/c1-3-4-5-11-6-8-12(9-7-11)18-14-13(15)16-10(2)17-14/h6-9,18H,3-5,15H2,1-2H3,(H,16,17). The zero-order chi connectivity index (χ0) is 13.0. The van der Waals surface area contributed by atoms with Crippen molar-refractivity contribution in [2.75, 3.05) is 11.1 Å². The highest BCUT2D eigenvalue weighted by molar-refractivity contribution is 5.66. The number of aryl methyl sites for hydroxylation is 2. The first-order chi connectivity index (χ1) is 8.69. The van der Waals surface area contributed by atoms with Gasteiger partial charge in [-0.2, -0.15) is 0 Å². The number of nitrogens with zero attached hydrogens (tertiary/aromatic N) is 1. The third-order valence-electron chi connectivity index (χ3n) is 2.89. The lowest BCUT2D eigenvalue weighted by atomic mass is 10.1. The minimum Gasteiger partial charge on any atom is -0.382 e. The monoisotopic (exact) mass is 244 g/mol. The van der Waals surface area contributed by atoms with Gasteiger partial charge in [0.15, 0.2) is 5.82 Å². The summed E-state index contributed by atoms with van der Waals surface area (Å²) in [4.78, 5) is 7.26. The average Bonchev–Trinajstić information content (AvgIpc) is 2.67. The van der Waals surface area contributed by atoms with Crippen molar-refractivity contribution in [3.63, 3.8) is 0 Å². The van der Waals surface area contributed by atoms with Crippen LogP contribution in [0.5, 0.6) is 0 Å². The van der Waals surface area contributed by atoms with Crippen LogP contribution in [0.2, 0.25) is 0 Å². The Morgan fingerprint density at radius 2 is 2.00 bits per heavy atom. The number of unbranched alkanes of at least 4 members (excludes halogenated alkanes) is 1. The predicted molar refractivity (Wildman–Crippen MR) is 76.1 cm³/mol. The number of aromatic nitrogens is 2. The molecule has 4 heteroatoms.